The quantitative estimate of drug-likeness (QED) is 0.765. The molecule has 0 radical (unpaired) electrons. The summed E-state index contributed by atoms with van der Waals surface area (Å²) in [6.45, 7) is 1.28. The highest BCUT2D eigenvalue weighted by molar-refractivity contribution is 5.48. The minimum absolute atomic E-state index is 0.309. The molecule has 0 bridgehead atoms. The van der Waals surface area contributed by atoms with Crippen LogP contribution in [0.5, 0.6) is 11.5 Å². The fourth-order valence-corrected chi connectivity index (χ4v) is 1.61. The molecular weight excluding hydrogens is 182 g/mol. The number of methoxy groups -OCH3 is 1. The van der Waals surface area contributed by atoms with Crippen LogP contribution in [0.25, 0.3) is 0 Å². The smallest absolute Gasteiger partial charge is 0.189 e. The summed E-state index contributed by atoms with van der Waals surface area (Å²) in [5.74, 6) is 1.64. The van der Waals surface area contributed by atoms with Gasteiger partial charge in [-0.05, 0) is 12.1 Å². The minimum Gasteiger partial charge on any atom is -0.496 e. The van der Waals surface area contributed by atoms with Crippen LogP contribution in [-0.2, 0) is 17.9 Å². The van der Waals surface area contributed by atoms with E-state index in [9.17, 15) is 0 Å². The number of ether oxygens (including phenoxy) is 3. The lowest BCUT2D eigenvalue weighted by molar-refractivity contribution is -0.0169. The van der Waals surface area contributed by atoms with Crippen molar-refractivity contribution in [2.75, 3.05) is 13.9 Å². The molecule has 1 aliphatic heterocycles. The van der Waals surface area contributed by atoms with Gasteiger partial charge in [-0.2, -0.15) is 0 Å². The SMILES string of the molecule is COc1ccc2c(c1CN)COCO2. The number of fused-ring (bicyclic) bond motifs is 1. The summed E-state index contributed by atoms with van der Waals surface area (Å²) < 4.78 is 15.7. The van der Waals surface area contributed by atoms with Crippen LogP contribution in [0, 0.1) is 0 Å². The van der Waals surface area contributed by atoms with Crippen LogP contribution < -0.4 is 15.2 Å². The molecule has 2 N–H and O–H groups in total. The first kappa shape index (κ1) is 9.30. The third kappa shape index (κ3) is 1.42. The average molecular weight is 195 g/mol. The maximum absolute atomic E-state index is 5.66. The van der Waals surface area contributed by atoms with Crippen LogP contribution >= 0.6 is 0 Å². The van der Waals surface area contributed by atoms with Crippen molar-refractivity contribution in [3.05, 3.63) is 23.3 Å². The molecule has 4 heteroatoms. The average Bonchev–Trinajstić information content (AvgIpc) is 2.27. The predicted octanol–water partition coefficient (Wildman–Crippen LogP) is 1.02. The first-order valence-corrected chi connectivity index (χ1v) is 4.46. The number of benzene rings is 1. The van der Waals surface area contributed by atoms with E-state index in [2.05, 4.69) is 0 Å². The number of hydrogen-bond donors (Lipinski definition) is 1. The summed E-state index contributed by atoms with van der Waals surface area (Å²) in [6, 6.07) is 3.75. The van der Waals surface area contributed by atoms with E-state index in [1.165, 1.54) is 0 Å². The van der Waals surface area contributed by atoms with Crippen LogP contribution in [0.1, 0.15) is 11.1 Å². The maximum Gasteiger partial charge on any atom is 0.189 e. The number of hydrogen-bond acceptors (Lipinski definition) is 4. The molecule has 0 saturated carbocycles. The molecule has 1 heterocycles. The van der Waals surface area contributed by atoms with Gasteiger partial charge in [-0.3, -0.25) is 0 Å². The number of rotatable bonds is 2. The molecule has 0 amide bonds. The van der Waals surface area contributed by atoms with Gasteiger partial charge in [-0.25, -0.2) is 0 Å². The lowest BCUT2D eigenvalue weighted by Crippen LogP contribution is -2.15. The van der Waals surface area contributed by atoms with Gasteiger partial charge in [0.2, 0.25) is 0 Å². The molecule has 14 heavy (non-hydrogen) atoms. The van der Waals surface area contributed by atoms with Gasteiger partial charge in [0.15, 0.2) is 6.79 Å². The molecular formula is C10H13NO3. The van der Waals surface area contributed by atoms with E-state index < -0.39 is 0 Å². The largest absolute Gasteiger partial charge is 0.496 e. The third-order valence-electron chi connectivity index (χ3n) is 2.31. The lowest BCUT2D eigenvalue weighted by atomic mass is 10.1. The van der Waals surface area contributed by atoms with Crippen LogP contribution in [0.15, 0.2) is 12.1 Å². The highest BCUT2D eigenvalue weighted by Gasteiger charge is 2.17. The Kier molecular flexibility index (Phi) is 2.56. The van der Waals surface area contributed by atoms with Crippen molar-refractivity contribution in [1.82, 2.24) is 0 Å². The first-order valence-electron chi connectivity index (χ1n) is 4.46. The molecule has 76 valence electrons. The van der Waals surface area contributed by atoms with E-state index in [4.69, 9.17) is 19.9 Å². The van der Waals surface area contributed by atoms with E-state index in [0.29, 0.717) is 19.9 Å². The van der Waals surface area contributed by atoms with Crippen LogP contribution in [0.3, 0.4) is 0 Å². The van der Waals surface area contributed by atoms with E-state index in [-0.39, 0.29) is 0 Å². The van der Waals surface area contributed by atoms with E-state index >= 15 is 0 Å². The predicted molar refractivity (Wildman–Crippen MR) is 51.2 cm³/mol. The summed E-state index contributed by atoms with van der Waals surface area (Å²) >= 11 is 0. The molecule has 0 atom stereocenters. The Hall–Kier alpha value is -1.26. The molecule has 0 unspecified atom stereocenters. The molecule has 1 aliphatic rings. The first-order chi connectivity index (χ1) is 6.86. The minimum atomic E-state index is 0.309. The van der Waals surface area contributed by atoms with E-state index in [1.54, 1.807) is 7.11 Å². The second-order valence-corrected chi connectivity index (χ2v) is 3.04. The van der Waals surface area contributed by atoms with Gasteiger partial charge in [0.1, 0.15) is 11.5 Å². The molecule has 0 spiro atoms. The van der Waals surface area contributed by atoms with Gasteiger partial charge in [0.05, 0.1) is 13.7 Å². The van der Waals surface area contributed by atoms with Crippen molar-refractivity contribution < 1.29 is 14.2 Å². The molecule has 4 nitrogen and oxygen atoms in total. The van der Waals surface area contributed by atoms with Gasteiger partial charge in [0.25, 0.3) is 0 Å². The topological polar surface area (TPSA) is 53.7 Å². The van der Waals surface area contributed by atoms with Crippen molar-refractivity contribution >= 4 is 0 Å². The summed E-state index contributed by atoms with van der Waals surface area (Å²) in [5.41, 5.74) is 7.62. The maximum atomic E-state index is 5.66. The Labute approximate surface area is 82.6 Å². The van der Waals surface area contributed by atoms with Gasteiger partial charge >= 0.3 is 0 Å². The second kappa shape index (κ2) is 3.86. The second-order valence-electron chi connectivity index (χ2n) is 3.04. The van der Waals surface area contributed by atoms with E-state index in [1.807, 2.05) is 12.1 Å². The van der Waals surface area contributed by atoms with Gasteiger partial charge in [0, 0.05) is 17.7 Å². The Morgan fingerprint density at radius 3 is 3.07 bits per heavy atom. The third-order valence-corrected chi connectivity index (χ3v) is 2.31. The summed E-state index contributed by atoms with van der Waals surface area (Å²) in [5, 5.41) is 0. The fraction of sp³-hybridized carbons (Fsp3) is 0.400. The van der Waals surface area contributed by atoms with Gasteiger partial charge in [-0.1, -0.05) is 0 Å². The molecule has 0 aliphatic carbocycles. The number of nitrogens with two attached hydrogens (primary N) is 1. The van der Waals surface area contributed by atoms with Crippen molar-refractivity contribution in [2.24, 2.45) is 5.73 Å². The zero-order valence-electron chi connectivity index (χ0n) is 8.08. The molecule has 0 saturated heterocycles. The Bertz CT molecular complexity index is 323. The molecule has 1 aromatic rings. The monoisotopic (exact) mass is 195 g/mol. The molecule has 0 aromatic heterocycles. The van der Waals surface area contributed by atoms with Crippen molar-refractivity contribution in [3.8, 4) is 11.5 Å². The molecule has 1 aromatic carbocycles. The Balaban J connectivity index is 2.50. The lowest BCUT2D eigenvalue weighted by Gasteiger charge is -2.21. The van der Waals surface area contributed by atoms with Crippen LogP contribution in [0.2, 0.25) is 0 Å². The molecule has 0 fully saturated rings. The van der Waals surface area contributed by atoms with Crippen LogP contribution in [0.4, 0.5) is 0 Å². The van der Waals surface area contributed by atoms with Crippen molar-refractivity contribution in [1.29, 1.82) is 0 Å². The Morgan fingerprint density at radius 2 is 2.36 bits per heavy atom. The standard InChI is InChI=1S/C10H13NO3/c1-12-9-2-3-10-8(7(9)4-11)5-13-6-14-10/h2-3H,4-6,11H2,1H3. The van der Waals surface area contributed by atoms with E-state index in [0.717, 1.165) is 22.6 Å². The summed E-state index contributed by atoms with van der Waals surface area (Å²) in [4.78, 5) is 0. The normalized spacial score (nSPS) is 14.4. The van der Waals surface area contributed by atoms with Crippen molar-refractivity contribution in [3.63, 3.8) is 0 Å². The highest BCUT2D eigenvalue weighted by Crippen LogP contribution is 2.32. The highest BCUT2D eigenvalue weighted by atomic mass is 16.7. The van der Waals surface area contributed by atoms with Crippen LogP contribution in [-0.4, -0.2) is 13.9 Å². The van der Waals surface area contributed by atoms with Gasteiger partial charge < -0.3 is 19.9 Å². The summed E-state index contributed by atoms with van der Waals surface area (Å²) in [7, 11) is 1.63. The van der Waals surface area contributed by atoms with Gasteiger partial charge in [-0.15, -0.1) is 0 Å². The molecule has 2 rings (SSSR count). The summed E-state index contributed by atoms with van der Waals surface area (Å²) in [6.07, 6.45) is 0. The fourth-order valence-electron chi connectivity index (χ4n) is 1.61. The van der Waals surface area contributed by atoms with Crippen molar-refractivity contribution in [2.45, 2.75) is 13.2 Å². The Morgan fingerprint density at radius 1 is 1.50 bits per heavy atom. The zero-order chi connectivity index (χ0) is 9.97. The zero-order valence-corrected chi connectivity index (χ0v) is 8.08.